The van der Waals surface area contributed by atoms with E-state index >= 15 is 0 Å². The van der Waals surface area contributed by atoms with Crippen LogP contribution < -0.4 is 11.0 Å². The molecule has 4 atom stereocenters. The topological polar surface area (TPSA) is 121 Å². The minimum atomic E-state index is -2.93. The van der Waals surface area contributed by atoms with Crippen LogP contribution in [0.25, 0.3) is 0 Å². The molecule has 198 valence electrons. The average molecular weight is 528 g/mol. The van der Waals surface area contributed by atoms with Crippen molar-refractivity contribution in [3.8, 4) is 0 Å². The van der Waals surface area contributed by atoms with Gasteiger partial charge in [-0.25, -0.2) is 4.79 Å². The lowest BCUT2D eigenvalue weighted by atomic mass is 10.1. The van der Waals surface area contributed by atoms with Crippen molar-refractivity contribution in [3.63, 3.8) is 0 Å². The molecule has 3 rings (SSSR count). The van der Waals surface area contributed by atoms with Crippen LogP contribution >= 0.6 is 0 Å². The number of aliphatic hydroxyl groups is 1. The lowest BCUT2D eigenvalue weighted by Crippen LogP contribution is -2.65. The Kier molecular flexibility index (Phi) is 8.46. The molecule has 0 spiro atoms. The number of ether oxygens (including phenoxy) is 1. The fourth-order valence-electron chi connectivity index (χ4n) is 5.22. The summed E-state index contributed by atoms with van der Waals surface area (Å²) < 4.78 is 28.1. The Hall–Kier alpha value is -1.42. The molecule has 1 aromatic rings. The zero-order valence-corrected chi connectivity index (χ0v) is 24.3. The number of anilines is 1. The highest BCUT2D eigenvalue weighted by molar-refractivity contribution is 6.83. The van der Waals surface area contributed by atoms with E-state index in [2.05, 4.69) is 65.7 Å². The first-order valence-electron chi connectivity index (χ1n) is 12.5. The second-order valence-electron chi connectivity index (χ2n) is 10.8. The van der Waals surface area contributed by atoms with Crippen LogP contribution in [-0.2, 0) is 22.5 Å². The van der Waals surface area contributed by atoms with Gasteiger partial charge in [0.2, 0.25) is 5.91 Å². The number of nitrogens with zero attached hydrogens (tertiary/aromatic N) is 2. The van der Waals surface area contributed by atoms with E-state index in [0.29, 0.717) is 0 Å². The number of fused-ring (bicyclic) bond motifs is 1. The Bertz CT molecular complexity index is 953. The quantitative estimate of drug-likeness (QED) is 0.540. The maximum atomic E-state index is 12.7. The van der Waals surface area contributed by atoms with Gasteiger partial charge >= 0.3 is 22.8 Å². The monoisotopic (exact) mass is 527 g/mol. The van der Waals surface area contributed by atoms with Crippen LogP contribution in [0.2, 0.25) is 22.2 Å². The summed E-state index contributed by atoms with van der Waals surface area (Å²) in [4.78, 5) is 28.0. The Morgan fingerprint density at radius 3 is 2.14 bits per heavy atom. The van der Waals surface area contributed by atoms with Crippen LogP contribution in [0, 0.1) is 0 Å². The van der Waals surface area contributed by atoms with Gasteiger partial charge in [0, 0.05) is 13.1 Å². The van der Waals surface area contributed by atoms with Gasteiger partial charge < -0.3 is 28.1 Å². The summed E-state index contributed by atoms with van der Waals surface area (Å²) in [7, 11) is -5.68. The van der Waals surface area contributed by atoms with Crippen molar-refractivity contribution in [2.24, 2.45) is 0 Å². The zero-order chi connectivity index (χ0) is 26.3. The van der Waals surface area contributed by atoms with Crippen LogP contribution in [0.4, 0.5) is 5.82 Å². The Morgan fingerprint density at radius 2 is 1.66 bits per heavy atom. The number of hydrogen-bond acceptors (Lipinski definition) is 8. The van der Waals surface area contributed by atoms with Gasteiger partial charge in [-0.15, -0.1) is 0 Å². The summed E-state index contributed by atoms with van der Waals surface area (Å²) in [6.07, 6.45) is -1.96. The van der Waals surface area contributed by atoms with Gasteiger partial charge in [0.15, 0.2) is 6.23 Å². The third kappa shape index (κ3) is 5.20. The molecular formula is C23H41N3O7Si2. The van der Waals surface area contributed by atoms with E-state index in [9.17, 15) is 14.7 Å². The highest BCUT2D eigenvalue weighted by Gasteiger charge is 2.61. The number of aromatic nitrogens is 2. The largest absolute Gasteiger partial charge is 0.414 e. The molecule has 0 unspecified atom stereocenters. The molecule has 2 N–H and O–H groups in total. The van der Waals surface area contributed by atoms with E-state index < -0.39 is 47.4 Å². The van der Waals surface area contributed by atoms with Gasteiger partial charge in [0.25, 0.3) is 0 Å². The molecule has 0 saturated carbocycles. The predicted molar refractivity (Wildman–Crippen MR) is 137 cm³/mol. The molecule has 1 aromatic heterocycles. The lowest BCUT2D eigenvalue weighted by molar-refractivity contribution is -0.114. The molecule has 2 aliphatic heterocycles. The lowest BCUT2D eigenvalue weighted by Gasteiger charge is -2.51. The maximum Gasteiger partial charge on any atom is 0.351 e. The standard InChI is InChI=1S/C23H41N3O7Si2/c1-13(2)34(14(3)4)30-12-18-21(32-35(33-34,15(5)6)16(7)8)20(28)22(31-18)26-11-10-19(24-17(9)27)25-23(26)29/h10-11,13-16,18,20-22,28H,12H2,1-9H3,(H,24,25,27,29)/t18-,20+,21+,22-/m1/s1. The Labute approximate surface area is 209 Å². The molecular weight excluding hydrogens is 486 g/mol. The van der Waals surface area contributed by atoms with E-state index in [4.69, 9.17) is 17.7 Å². The highest BCUT2D eigenvalue weighted by Crippen LogP contribution is 2.48. The van der Waals surface area contributed by atoms with Crippen LogP contribution in [0.1, 0.15) is 68.5 Å². The third-order valence-electron chi connectivity index (χ3n) is 7.05. The predicted octanol–water partition coefficient (Wildman–Crippen LogP) is 3.42. The van der Waals surface area contributed by atoms with E-state index in [-0.39, 0.29) is 40.5 Å². The summed E-state index contributed by atoms with van der Waals surface area (Å²) in [6, 6.07) is 1.50. The molecule has 0 bridgehead atoms. The molecule has 35 heavy (non-hydrogen) atoms. The summed E-state index contributed by atoms with van der Waals surface area (Å²) in [6.45, 7) is 18.5. The second kappa shape index (κ2) is 10.5. The number of aliphatic hydroxyl groups excluding tert-OH is 1. The molecule has 1 amide bonds. The van der Waals surface area contributed by atoms with Crippen molar-refractivity contribution in [1.82, 2.24) is 9.55 Å². The number of carbonyl (C=O) groups is 1. The summed E-state index contributed by atoms with van der Waals surface area (Å²) in [5.74, 6) is -0.191. The SMILES string of the molecule is CC(=O)Nc1ccn([C@@H]2O[C@@H]3CO[Si](C(C)C)(C(C)C)O[Si](C(C)C)(C(C)C)O[C@@H]3[C@@H]2O)c(=O)n1. The smallest absolute Gasteiger partial charge is 0.351 e. The molecule has 0 aliphatic carbocycles. The van der Waals surface area contributed by atoms with Crippen molar-refractivity contribution in [2.75, 3.05) is 11.9 Å². The Balaban J connectivity index is 2.03. The molecule has 0 aromatic carbocycles. The average Bonchev–Trinajstić information content (AvgIpc) is 3.01. The molecule has 2 fully saturated rings. The first kappa shape index (κ1) is 28.2. The van der Waals surface area contributed by atoms with Crippen LogP contribution in [-0.4, -0.2) is 62.6 Å². The van der Waals surface area contributed by atoms with Crippen molar-refractivity contribution < 1.29 is 27.6 Å². The Morgan fingerprint density at radius 1 is 1.09 bits per heavy atom. The minimum absolute atomic E-state index is 0.0989. The number of nitrogens with one attached hydrogen (secondary N) is 1. The fourth-order valence-corrected chi connectivity index (χ4v) is 16.4. The molecule has 2 saturated heterocycles. The van der Waals surface area contributed by atoms with Crippen molar-refractivity contribution in [3.05, 3.63) is 22.7 Å². The van der Waals surface area contributed by atoms with Crippen molar-refractivity contribution >= 4 is 28.8 Å². The van der Waals surface area contributed by atoms with Gasteiger partial charge in [0.1, 0.15) is 24.1 Å². The number of hydrogen-bond donors (Lipinski definition) is 2. The van der Waals surface area contributed by atoms with Crippen LogP contribution in [0.15, 0.2) is 17.1 Å². The van der Waals surface area contributed by atoms with Gasteiger partial charge in [-0.3, -0.25) is 9.36 Å². The van der Waals surface area contributed by atoms with Crippen LogP contribution in [0.3, 0.4) is 0 Å². The van der Waals surface area contributed by atoms with Crippen molar-refractivity contribution in [1.29, 1.82) is 0 Å². The molecule has 10 nitrogen and oxygen atoms in total. The highest BCUT2D eigenvalue weighted by atomic mass is 28.5. The number of carbonyl (C=O) groups excluding carboxylic acids is 1. The summed E-state index contributed by atoms with van der Waals surface area (Å²) in [5, 5.41) is 13.8. The van der Waals surface area contributed by atoms with E-state index in [1.54, 1.807) is 0 Å². The fraction of sp³-hybridized carbons (Fsp3) is 0.783. The summed E-state index contributed by atoms with van der Waals surface area (Å²) in [5.41, 5.74) is -0.0794. The molecule has 2 aliphatic rings. The number of amides is 1. The third-order valence-corrected chi connectivity index (χ3v) is 17.3. The maximum absolute atomic E-state index is 12.7. The van der Waals surface area contributed by atoms with Gasteiger partial charge in [0.05, 0.1) is 6.61 Å². The molecule has 3 heterocycles. The molecule has 12 heteroatoms. The zero-order valence-electron chi connectivity index (χ0n) is 22.3. The van der Waals surface area contributed by atoms with E-state index in [0.717, 1.165) is 0 Å². The number of rotatable bonds is 6. The van der Waals surface area contributed by atoms with Crippen molar-refractivity contribution in [2.45, 2.75) is 109 Å². The normalized spacial score (nSPS) is 28.3. The van der Waals surface area contributed by atoms with E-state index in [1.807, 2.05) is 0 Å². The van der Waals surface area contributed by atoms with Gasteiger partial charge in [-0.2, -0.15) is 4.98 Å². The van der Waals surface area contributed by atoms with Gasteiger partial charge in [-0.1, -0.05) is 55.4 Å². The van der Waals surface area contributed by atoms with E-state index in [1.165, 1.54) is 23.8 Å². The molecule has 0 radical (unpaired) electrons. The first-order chi connectivity index (χ1) is 16.2. The minimum Gasteiger partial charge on any atom is -0.414 e. The summed E-state index contributed by atoms with van der Waals surface area (Å²) >= 11 is 0. The second-order valence-corrected chi connectivity index (χ2v) is 19.6. The first-order valence-corrected chi connectivity index (χ1v) is 16.4. The van der Waals surface area contributed by atoms with Crippen LogP contribution in [0.5, 0.6) is 0 Å². The van der Waals surface area contributed by atoms with Gasteiger partial charge in [-0.05, 0) is 28.2 Å².